The van der Waals surface area contributed by atoms with E-state index in [9.17, 15) is 9.59 Å². The molecule has 6 heterocycles. The molecule has 14 nitrogen and oxygen atoms in total. The number of aryl methyl sites for hydroxylation is 2. The molecule has 1 aromatic carbocycles. The minimum atomic E-state index is -0.533. The lowest BCUT2D eigenvalue weighted by Gasteiger charge is -2.13. The standard InChI is InChI=1S/C39H42ClN9O5S/c1-23-24(2)55-39-35(23)36(26-4-7-30(40)8-5-26)45-31(38-48-47-25(3)49(38)39)20-33(50)42-11-13-53-15-17-54-16-14-52-12-10-41-32-9-6-27(21-43-32)29-18-28-19-34(51)46-37(28)44-22-29/h4-9,18,21-22,31H,10-17,19-20H2,1-3H3,(H,41,43)(H,42,50)(H,44,46,51)/t31-/m0/s1. The first-order chi connectivity index (χ1) is 26.7. The summed E-state index contributed by atoms with van der Waals surface area (Å²) in [7, 11) is 0. The van der Waals surface area contributed by atoms with Gasteiger partial charge in [-0.15, -0.1) is 21.5 Å². The van der Waals surface area contributed by atoms with Gasteiger partial charge in [-0.25, -0.2) is 9.97 Å². The fraction of sp³-hybridized carbons (Fsp3) is 0.359. The minimum Gasteiger partial charge on any atom is -0.377 e. The molecule has 2 aliphatic rings. The molecule has 0 aliphatic carbocycles. The van der Waals surface area contributed by atoms with E-state index in [-0.39, 0.29) is 18.2 Å². The van der Waals surface area contributed by atoms with Gasteiger partial charge in [0.25, 0.3) is 0 Å². The number of hydrogen-bond acceptors (Lipinski definition) is 12. The molecule has 1 atom stereocenters. The van der Waals surface area contributed by atoms with E-state index in [1.807, 2.05) is 54.0 Å². The number of amides is 2. The number of thiophene rings is 1. The molecule has 7 rings (SSSR count). The van der Waals surface area contributed by atoms with Gasteiger partial charge in [-0.05, 0) is 56.7 Å². The first kappa shape index (κ1) is 38.2. The Kier molecular flexibility index (Phi) is 12.2. The summed E-state index contributed by atoms with van der Waals surface area (Å²) in [4.78, 5) is 39.9. The van der Waals surface area contributed by atoms with Crippen molar-refractivity contribution >= 4 is 52.1 Å². The Hall–Kier alpha value is -5.06. The van der Waals surface area contributed by atoms with Crippen LogP contribution in [0.4, 0.5) is 11.6 Å². The molecule has 4 aromatic heterocycles. The van der Waals surface area contributed by atoms with Crippen molar-refractivity contribution in [3.63, 3.8) is 0 Å². The SMILES string of the molecule is Cc1sc2c(c1C)C(c1ccc(Cl)cc1)=N[C@@H](CC(=O)NCCOCCOCCOCCNc1ccc(-c3cnc4c(c3)CC(=O)N4)cn1)c1nnc(C)n1-2. The van der Waals surface area contributed by atoms with Crippen LogP contribution in [0.1, 0.15) is 51.2 Å². The van der Waals surface area contributed by atoms with Crippen molar-refractivity contribution in [2.75, 3.05) is 63.4 Å². The first-order valence-corrected chi connectivity index (χ1v) is 19.3. The van der Waals surface area contributed by atoms with Crippen molar-refractivity contribution in [1.82, 2.24) is 30.0 Å². The van der Waals surface area contributed by atoms with Crippen LogP contribution in [0.15, 0.2) is 59.9 Å². The van der Waals surface area contributed by atoms with Crippen molar-refractivity contribution in [1.29, 1.82) is 0 Å². The van der Waals surface area contributed by atoms with E-state index in [2.05, 4.69) is 50.0 Å². The van der Waals surface area contributed by atoms with E-state index in [1.165, 1.54) is 4.88 Å². The van der Waals surface area contributed by atoms with E-state index in [4.69, 9.17) is 30.8 Å². The molecule has 16 heteroatoms. The van der Waals surface area contributed by atoms with Crippen LogP contribution in [0.2, 0.25) is 5.02 Å². The molecule has 0 unspecified atom stereocenters. The largest absolute Gasteiger partial charge is 0.377 e. The van der Waals surface area contributed by atoms with Gasteiger partial charge in [0.15, 0.2) is 5.82 Å². The van der Waals surface area contributed by atoms with E-state index in [0.717, 1.165) is 55.7 Å². The zero-order valence-corrected chi connectivity index (χ0v) is 32.4. The summed E-state index contributed by atoms with van der Waals surface area (Å²) in [5.74, 6) is 2.56. The molecule has 0 fully saturated rings. The van der Waals surface area contributed by atoms with Crippen molar-refractivity contribution in [3.05, 3.63) is 98.7 Å². The number of carbonyl (C=O) groups excluding carboxylic acids is 2. The van der Waals surface area contributed by atoms with Crippen LogP contribution in [0, 0.1) is 20.8 Å². The summed E-state index contributed by atoms with van der Waals surface area (Å²) in [5.41, 5.74) is 6.64. The number of hydrogen-bond donors (Lipinski definition) is 3. The van der Waals surface area contributed by atoms with Crippen LogP contribution in [0.3, 0.4) is 0 Å². The molecule has 286 valence electrons. The van der Waals surface area contributed by atoms with Gasteiger partial charge >= 0.3 is 0 Å². The summed E-state index contributed by atoms with van der Waals surface area (Å²) < 4.78 is 19.0. The van der Waals surface area contributed by atoms with Crippen molar-refractivity contribution < 1.29 is 23.8 Å². The highest BCUT2D eigenvalue weighted by Crippen LogP contribution is 2.39. The van der Waals surface area contributed by atoms with E-state index in [0.29, 0.717) is 75.8 Å². The van der Waals surface area contributed by atoms with Gasteiger partial charge in [0.05, 0.1) is 58.2 Å². The van der Waals surface area contributed by atoms with Gasteiger partial charge < -0.3 is 30.2 Å². The van der Waals surface area contributed by atoms with Crippen LogP contribution in [0.25, 0.3) is 16.1 Å². The van der Waals surface area contributed by atoms with Crippen molar-refractivity contribution in [2.24, 2.45) is 4.99 Å². The second-order valence-corrected chi connectivity index (χ2v) is 14.8. The molecule has 5 aromatic rings. The van der Waals surface area contributed by atoms with Crippen LogP contribution in [-0.4, -0.2) is 95.0 Å². The summed E-state index contributed by atoms with van der Waals surface area (Å²) in [6.07, 6.45) is 3.98. The van der Waals surface area contributed by atoms with Crippen LogP contribution in [-0.2, 0) is 30.2 Å². The van der Waals surface area contributed by atoms with E-state index >= 15 is 0 Å². The number of nitrogens with one attached hydrogen (secondary N) is 3. The molecule has 0 spiro atoms. The van der Waals surface area contributed by atoms with Gasteiger partial charge in [-0.1, -0.05) is 23.7 Å². The highest BCUT2D eigenvalue weighted by Gasteiger charge is 2.32. The number of aromatic nitrogens is 5. The third-order valence-electron chi connectivity index (χ3n) is 9.27. The molecule has 3 N–H and O–H groups in total. The number of ether oxygens (including phenoxy) is 3. The lowest BCUT2D eigenvalue weighted by Crippen LogP contribution is -2.29. The predicted molar refractivity (Wildman–Crippen MR) is 212 cm³/mol. The number of benzene rings is 1. The number of fused-ring (bicyclic) bond motifs is 4. The molecular weight excluding hydrogens is 742 g/mol. The molecule has 2 amide bonds. The highest BCUT2D eigenvalue weighted by atomic mass is 35.5. The molecule has 0 bridgehead atoms. The van der Waals surface area contributed by atoms with Crippen LogP contribution in [0.5, 0.6) is 0 Å². The van der Waals surface area contributed by atoms with E-state index in [1.54, 1.807) is 23.7 Å². The second-order valence-electron chi connectivity index (χ2n) is 13.1. The summed E-state index contributed by atoms with van der Waals surface area (Å²) in [6.45, 7) is 9.64. The number of halogens is 1. The molecule has 2 aliphatic heterocycles. The Labute approximate surface area is 327 Å². The van der Waals surface area contributed by atoms with E-state index < -0.39 is 6.04 Å². The second kappa shape index (κ2) is 17.6. The third-order valence-corrected chi connectivity index (χ3v) is 10.7. The number of aliphatic imine (C=N–C) groups is 1. The predicted octanol–water partition coefficient (Wildman–Crippen LogP) is 5.42. The lowest BCUT2D eigenvalue weighted by atomic mass is 9.99. The smallest absolute Gasteiger partial charge is 0.230 e. The maximum absolute atomic E-state index is 13.2. The number of nitrogens with zero attached hydrogens (tertiary/aromatic N) is 6. The Morgan fingerprint density at radius 2 is 1.62 bits per heavy atom. The van der Waals surface area contributed by atoms with Gasteiger partial charge in [0, 0.05) is 63.2 Å². The Morgan fingerprint density at radius 3 is 2.36 bits per heavy atom. The average molecular weight is 784 g/mol. The maximum atomic E-state index is 13.2. The zero-order valence-electron chi connectivity index (χ0n) is 30.9. The quantitative estimate of drug-likeness (QED) is 0.104. The first-order valence-electron chi connectivity index (χ1n) is 18.1. The maximum Gasteiger partial charge on any atom is 0.230 e. The zero-order chi connectivity index (χ0) is 38.3. The Balaban J connectivity index is 0.779. The van der Waals surface area contributed by atoms with Crippen molar-refractivity contribution in [3.8, 4) is 16.1 Å². The summed E-state index contributed by atoms with van der Waals surface area (Å²) in [5, 5.41) is 19.4. The third kappa shape index (κ3) is 9.09. The number of rotatable bonds is 17. The number of carbonyl (C=O) groups is 2. The molecule has 0 saturated carbocycles. The molecule has 55 heavy (non-hydrogen) atoms. The summed E-state index contributed by atoms with van der Waals surface area (Å²) in [6, 6.07) is 12.9. The van der Waals surface area contributed by atoms with Gasteiger partial charge in [0.2, 0.25) is 11.8 Å². The van der Waals surface area contributed by atoms with Gasteiger partial charge in [-0.3, -0.25) is 19.1 Å². The number of pyridine rings is 2. The van der Waals surface area contributed by atoms with Crippen molar-refractivity contribution in [2.45, 2.75) is 39.7 Å². The van der Waals surface area contributed by atoms with Crippen LogP contribution >= 0.6 is 22.9 Å². The average Bonchev–Trinajstić information content (AvgIpc) is 3.82. The molecule has 0 radical (unpaired) electrons. The van der Waals surface area contributed by atoms with Gasteiger partial charge in [0.1, 0.15) is 28.5 Å². The highest BCUT2D eigenvalue weighted by molar-refractivity contribution is 7.15. The summed E-state index contributed by atoms with van der Waals surface area (Å²) >= 11 is 7.89. The fourth-order valence-corrected chi connectivity index (χ4v) is 7.71. The Bertz CT molecular complexity index is 2190. The topological polar surface area (TPSA) is 167 Å². The molecule has 0 saturated heterocycles. The van der Waals surface area contributed by atoms with Crippen LogP contribution < -0.4 is 16.0 Å². The fourth-order valence-electron chi connectivity index (χ4n) is 6.37. The van der Waals surface area contributed by atoms with Gasteiger partial charge in [-0.2, -0.15) is 0 Å². The monoisotopic (exact) mass is 783 g/mol. The normalized spacial score (nSPS) is 14.4. The lowest BCUT2D eigenvalue weighted by molar-refractivity contribution is -0.121. The minimum absolute atomic E-state index is 0.0372. The molecular formula is C39H42ClN9O5S. The Morgan fingerprint density at radius 1 is 0.909 bits per heavy atom. The number of anilines is 2.